The van der Waals surface area contributed by atoms with Gasteiger partial charge in [0.05, 0.1) is 6.61 Å². The van der Waals surface area contributed by atoms with Gasteiger partial charge in [-0.1, -0.05) is 6.92 Å². The van der Waals surface area contributed by atoms with Gasteiger partial charge in [0.1, 0.15) is 0 Å². The Hall–Kier alpha value is -0.820. The van der Waals surface area contributed by atoms with Gasteiger partial charge in [0.15, 0.2) is 0 Å². The molecule has 0 aromatic carbocycles. The van der Waals surface area contributed by atoms with Crippen LogP contribution in [0.25, 0.3) is 0 Å². The summed E-state index contributed by atoms with van der Waals surface area (Å²) < 4.78 is 43.0. The van der Waals surface area contributed by atoms with Gasteiger partial charge >= 0.3 is 12.1 Å². The van der Waals surface area contributed by atoms with Gasteiger partial charge in [-0.2, -0.15) is 13.2 Å². The number of alkyl halides is 3. The van der Waals surface area contributed by atoms with Crippen LogP contribution < -0.4 is 10.6 Å². The highest BCUT2D eigenvalue weighted by molar-refractivity contribution is 5.81. The lowest BCUT2D eigenvalue weighted by Crippen LogP contribution is -2.70. The smallest absolute Gasteiger partial charge is 0.431 e. The molecular formula is C9H17F3N2O2. The van der Waals surface area contributed by atoms with Crippen molar-refractivity contribution in [1.29, 1.82) is 0 Å². The molecule has 0 amide bonds. The highest BCUT2D eigenvalue weighted by Crippen LogP contribution is 2.29. The Morgan fingerprint density at radius 3 is 2.19 bits per heavy atom. The molecule has 0 heterocycles. The van der Waals surface area contributed by atoms with Crippen molar-refractivity contribution in [1.82, 2.24) is 10.6 Å². The van der Waals surface area contributed by atoms with Crippen LogP contribution in [0.5, 0.6) is 0 Å². The number of carbonyl (C=O) groups excluding carboxylic acids is 1. The maximum absolute atomic E-state index is 12.8. The molecule has 16 heavy (non-hydrogen) atoms. The summed E-state index contributed by atoms with van der Waals surface area (Å²) in [4.78, 5) is 11.4. The molecule has 0 saturated heterocycles. The summed E-state index contributed by atoms with van der Waals surface area (Å²) in [7, 11) is 1.06. The molecule has 0 radical (unpaired) electrons. The molecule has 0 spiro atoms. The first-order chi connectivity index (χ1) is 7.35. The van der Waals surface area contributed by atoms with E-state index in [1.807, 2.05) is 5.32 Å². The van der Waals surface area contributed by atoms with E-state index in [0.717, 1.165) is 7.05 Å². The largest absolute Gasteiger partial charge is 0.463 e. The Bertz CT molecular complexity index is 233. The number of halogens is 3. The molecule has 0 aromatic heterocycles. The van der Waals surface area contributed by atoms with Crippen molar-refractivity contribution in [2.24, 2.45) is 0 Å². The van der Waals surface area contributed by atoms with Gasteiger partial charge in [-0.3, -0.25) is 10.6 Å². The number of hydrogen-bond donors (Lipinski definition) is 2. The number of esters is 1. The standard InChI is InChI=1S/C9H17F3N2O2/c1-4-6-14-8(13-3,9(10,11)12)7(15)16-5-2/h13-14H,4-6H2,1-3H3. The van der Waals surface area contributed by atoms with E-state index in [1.165, 1.54) is 6.92 Å². The molecule has 0 aliphatic carbocycles. The van der Waals surface area contributed by atoms with E-state index in [4.69, 9.17) is 0 Å². The van der Waals surface area contributed by atoms with Crippen molar-refractivity contribution >= 4 is 5.97 Å². The molecule has 4 nitrogen and oxygen atoms in total. The van der Waals surface area contributed by atoms with Crippen LogP contribution in [0.2, 0.25) is 0 Å². The molecule has 0 bridgehead atoms. The average molecular weight is 242 g/mol. The second kappa shape index (κ2) is 6.05. The minimum absolute atomic E-state index is 0.0547. The van der Waals surface area contributed by atoms with E-state index >= 15 is 0 Å². The number of carbonyl (C=O) groups is 1. The monoisotopic (exact) mass is 242 g/mol. The van der Waals surface area contributed by atoms with Crippen molar-refractivity contribution in [3.8, 4) is 0 Å². The molecule has 1 atom stereocenters. The predicted octanol–water partition coefficient (Wildman–Crippen LogP) is 1.03. The summed E-state index contributed by atoms with van der Waals surface area (Å²) in [6.45, 7) is 3.11. The maximum atomic E-state index is 12.8. The molecule has 0 fully saturated rings. The highest BCUT2D eigenvalue weighted by Gasteiger charge is 2.60. The number of likely N-dealkylation sites (N-methyl/N-ethyl adjacent to an activating group) is 1. The lowest BCUT2D eigenvalue weighted by molar-refractivity contribution is -0.219. The van der Waals surface area contributed by atoms with Gasteiger partial charge in [0.2, 0.25) is 0 Å². The van der Waals surface area contributed by atoms with Crippen LogP contribution >= 0.6 is 0 Å². The van der Waals surface area contributed by atoms with Crippen molar-refractivity contribution in [2.45, 2.75) is 32.1 Å². The molecule has 0 aliphatic rings. The average Bonchev–Trinajstić information content (AvgIpc) is 2.18. The normalized spacial score (nSPS) is 15.6. The first kappa shape index (κ1) is 15.2. The summed E-state index contributed by atoms with van der Waals surface area (Å²) >= 11 is 0. The minimum atomic E-state index is -4.76. The summed E-state index contributed by atoms with van der Waals surface area (Å²) in [6.07, 6.45) is -4.29. The van der Waals surface area contributed by atoms with E-state index in [0.29, 0.717) is 6.42 Å². The third-order valence-corrected chi connectivity index (χ3v) is 2.02. The second-order valence-corrected chi connectivity index (χ2v) is 3.15. The van der Waals surface area contributed by atoms with Crippen molar-refractivity contribution < 1.29 is 22.7 Å². The Balaban J connectivity index is 5.03. The fourth-order valence-corrected chi connectivity index (χ4v) is 1.17. The summed E-state index contributed by atoms with van der Waals surface area (Å²) in [5.41, 5.74) is -2.82. The molecule has 1 unspecified atom stereocenters. The van der Waals surface area contributed by atoms with Crippen LogP contribution in [-0.2, 0) is 9.53 Å². The Labute approximate surface area is 92.5 Å². The van der Waals surface area contributed by atoms with E-state index < -0.39 is 17.8 Å². The molecule has 7 heteroatoms. The van der Waals surface area contributed by atoms with Gasteiger partial charge in [0, 0.05) is 0 Å². The van der Waals surface area contributed by atoms with Crippen molar-refractivity contribution in [3.63, 3.8) is 0 Å². The summed E-state index contributed by atoms with van der Waals surface area (Å²) in [6, 6.07) is 0. The lowest BCUT2D eigenvalue weighted by atomic mass is 10.1. The van der Waals surface area contributed by atoms with E-state index in [2.05, 4.69) is 10.1 Å². The predicted molar refractivity (Wildman–Crippen MR) is 52.8 cm³/mol. The zero-order chi connectivity index (χ0) is 12.8. The van der Waals surface area contributed by atoms with Gasteiger partial charge in [0.25, 0.3) is 5.66 Å². The maximum Gasteiger partial charge on any atom is 0.431 e. The number of ether oxygens (including phenoxy) is 1. The quantitative estimate of drug-likeness (QED) is 0.539. The number of hydrogen-bond acceptors (Lipinski definition) is 4. The zero-order valence-corrected chi connectivity index (χ0v) is 9.57. The molecule has 96 valence electrons. The first-order valence-corrected chi connectivity index (χ1v) is 5.03. The van der Waals surface area contributed by atoms with Gasteiger partial charge in [-0.05, 0) is 26.9 Å². The van der Waals surface area contributed by atoms with Gasteiger partial charge < -0.3 is 4.74 Å². The molecule has 0 rings (SSSR count). The molecule has 0 saturated carbocycles. The van der Waals surface area contributed by atoms with Crippen LogP contribution in [0.15, 0.2) is 0 Å². The van der Waals surface area contributed by atoms with Gasteiger partial charge in [-0.25, -0.2) is 4.79 Å². The summed E-state index contributed by atoms with van der Waals surface area (Å²) in [5.74, 6) is -1.36. The Kier molecular flexibility index (Phi) is 5.74. The van der Waals surface area contributed by atoms with E-state index in [1.54, 1.807) is 6.92 Å². The fourth-order valence-electron chi connectivity index (χ4n) is 1.17. The van der Waals surface area contributed by atoms with Crippen LogP contribution in [0.4, 0.5) is 13.2 Å². The van der Waals surface area contributed by atoms with Crippen LogP contribution in [0, 0.1) is 0 Å². The molecule has 0 aliphatic heterocycles. The van der Waals surface area contributed by atoms with Crippen LogP contribution in [0.1, 0.15) is 20.3 Å². The van der Waals surface area contributed by atoms with Crippen molar-refractivity contribution in [2.75, 3.05) is 20.2 Å². The third kappa shape index (κ3) is 3.08. The molecule has 2 N–H and O–H groups in total. The SMILES string of the molecule is CCCNC(NC)(C(=O)OCC)C(F)(F)F. The van der Waals surface area contributed by atoms with Crippen LogP contribution in [-0.4, -0.2) is 38.0 Å². The molecule has 0 aromatic rings. The summed E-state index contributed by atoms with van der Waals surface area (Å²) in [5, 5.41) is 4.11. The first-order valence-electron chi connectivity index (χ1n) is 5.03. The van der Waals surface area contributed by atoms with Crippen molar-refractivity contribution in [3.05, 3.63) is 0 Å². The Morgan fingerprint density at radius 2 is 1.88 bits per heavy atom. The fraction of sp³-hybridized carbons (Fsp3) is 0.889. The minimum Gasteiger partial charge on any atom is -0.463 e. The zero-order valence-electron chi connectivity index (χ0n) is 9.57. The topological polar surface area (TPSA) is 50.4 Å². The Morgan fingerprint density at radius 1 is 1.31 bits per heavy atom. The van der Waals surface area contributed by atoms with E-state index in [9.17, 15) is 18.0 Å². The second-order valence-electron chi connectivity index (χ2n) is 3.15. The highest BCUT2D eigenvalue weighted by atomic mass is 19.4. The molecular weight excluding hydrogens is 225 g/mol. The van der Waals surface area contributed by atoms with E-state index in [-0.39, 0.29) is 13.2 Å². The number of rotatable bonds is 6. The van der Waals surface area contributed by atoms with Crippen LogP contribution in [0.3, 0.4) is 0 Å². The third-order valence-electron chi connectivity index (χ3n) is 2.02. The lowest BCUT2D eigenvalue weighted by Gasteiger charge is -2.33. The number of nitrogens with one attached hydrogen (secondary N) is 2. The van der Waals surface area contributed by atoms with Gasteiger partial charge in [-0.15, -0.1) is 0 Å².